The highest BCUT2D eigenvalue weighted by Gasteiger charge is 2.37. The number of benzene rings is 2. The Morgan fingerprint density at radius 2 is 1.70 bits per heavy atom. The number of carbonyl (C=O) groups excluding carboxylic acids is 2. The summed E-state index contributed by atoms with van der Waals surface area (Å²) in [6.07, 6.45) is 4.81. The molecule has 2 aromatic heterocycles. The minimum absolute atomic E-state index is 0.133. The molecule has 4 rings (SSSR count). The second-order valence-corrected chi connectivity index (χ2v) is 14.8. The van der Waals surface area contributed by atoms with Gasteiger partial charge in [0.2, 0.25) is 0 Å². The van der Waals surface area contributed by atoms with Gasteiger partial charge in [-0.1, -0.05) is 75.2 Å². The highest BCUT2D eigenvalue weighted by molar-refractivity contribution is 7.52. The van der Waals surface area contributed by atoms with Gasteiger partial charge in [-0.15, -0.1) is 0 Å². The lowest BCUT2D eigenvalue weighted by molar-refractivity contribution is -0.147. The summed E-state index contributed by atoms with van der Waals surface area (Å²) in [6.45, 7) is 6.51. The van der Waals surface area contributed by atoms with E-state index in [1.54, 1.807) is 42.0 Å². The van der Waals surface area contributed by atoms with Crippen LogP contribution in [0.5, 0.6) is 5.75 Å². The number of hydrogen-bond acceptors (Lipinski definition) is 11. The van der Waals surface area contributed by atoms with Crippen LogP contribution in [-0.2, 0) is 41.1 Å². The van der Waals surface area contributed by atoms with Crippen LogP contribution in [0.15, 0.2) is 79.1 Å². The minimum atomic E-state index is -4.22. The predicted molar refractivity (Wildman–Crippen MR) is 202 cm³/mol. The molecular formula is C38H53N6O8P. The fourth-order valence-corrected chi connectivity index (χ4v) is 7.08. The third-order valence-electron chi connectivity index (χ3n) is 9.09. The Balaban J connectivity index is 1.43. The summed E-state index contributed by atoms with van der Waals surface area (Å²) in [5, 5.41) is 9.97. The van der Waals surface area contributed by atoms with Crippen LogP contribution in [0.4, 0.5) is 10.6 Å². The molecule has 288 valence electrons. The van der Waals surface area contributed by atoms with Crippen molar-refractivity contribution in [1.82, 2.24) is 25.0 Å². The van der Waals surface area contributed by atoms with Crippen LogP contribution in [0, 0.1) is 5.92 Å². The average molecular weight is 753 g/mol. The average Bonchev–Trinajstić information content (AvgIpc) is 3.60. The van der Waals surface area contributed by atoms with Crippen molar-refractivity contribution < 1.29 is 37.4 Å². The fraction of sp³-hybridized carbons (Fsp3) is 0.474. The number of nitrogens with zero attached hydrogens (tertiary/aromatic N) is 3. The SMILES string of the molecule is CCC(CC)COC(=O)[C@H](CCCCNC(=O)OCc1ccccc1)NP(=O)(OC[C@](C)(CCc1ccc2c(N)ncnn12)OC)Oc1ccccc1. The predicted octanol–water partition coefficient (Wildman–Crippen LogP) is 6.89. The Morgan fingerprint density at radius 3 is 2.40 bits per heavy atom. The lowest BCUT2D eigenvalue weighted by Gasteiger charge is -2.31. The van der Waals surface area contributed by atoms with E-state index in [9.17, 15) is 14.2 Å². The maximum atomic E-state index is 14.6. The van der Waals surface area contributed by atoms with Crippen LogP contribution in [0.1, 0.15) is 70.6 Å². The highest BCUT2D eigenvalue weighted by Crippen LogP contribution is 2.46. The molecule has 4 aromatic rings. The summed E-state index contributed by atoms with van der Waals surface area (Å²) in [4.78, 5) is 29.9. The van der Waals surface area contributed by atoms with E-state index in [1.165, 1.54) is 6.33 Å². The van der Waals surface area contributed by atoms with Crippen molar-refractivity contribution in [2.24, 2.45) is 5.92 Å². The Kier molecular flexibility index (Phi) is 16.1. The summed E-state index contributed by atoms with van der Waals surface area (Å²) < 4.78 is 45.3. The number of nitrogens with two attached hydrogens (primary N) is 1. The summed E-state index contributed by atoms with van der Waals surface area (Å²) in [7, 11) is -2.67. The van der Waals surface area contributed by atoms with E-state index >= 15 is 0 Å². The number of nitrogens with one attached hydrogen (secondary N) is 2. The zero-order valence-corrected chi connectivity index (χ0v) is 32.0. The van der Waals surface area contributed by atoms with Gasteiger partial charge in [0.25, 0.3) is 0 Å². The van der Waals surface area contributed by atoms with E-state index in [0.29, 0.717) is 49.3 Å². The standard InChI is InChI=1S/C38H53N6O8P/c1-5-29(6-2)25-49-36(45)33(19-13-14-24-40-37(46)50-26-30-15-9-7-10-16-30)43-53(47,52-32-17-11-8-12-18-32)51-27-38(3,48-4)23-22-31-20-21-34-35(39)41-28-42-44(31)34/h7-12,15-18,20-21,28-29,33H,5-6,13-14,19,22-27H2,1-4H3,(H,40,46)(H,43,47)(H2,39,41,42)/t33-,38-,53?/m0/s1. The van der Waals surface area contributed by atoms with Crippen LogP contribution >= 0.6 is 7.75 Å². The number of aryl methyl sites for hydroxylation is 1. The monoisotopic (exact) mass is 752 g/mol. The van der Waals surface area contributed by atoms with Gasteiger partial charge in [0.05, 0.1) is 18.8 Å². The molecule has 0 aliphatic heterocycles. The molecule has 0 fully saturated rings. The molecule has 2 aromatic carbocycles. The third kappa shape index (κ3) is 13.1. The highest BCUT2D eigenvalue weighted by atomic mass is 31.2. The topological polar surface area (TPSA) is 178 Å². The molecular weight excluding hydrogens is 699 g/mol. The van der Waals surface area contributed by atoms with Crippen molar-refractivity contribution in [3.63, 3.8) is 0 Å². The Hall–Kier alpha value is -4.49. The number of rotatable bonds is 23. The smallest absolute Gasteiger partial charge is 0.459 e. The number of hydrogen-bond donors (Lipinski definition) is 3. The number of unbranched alkanes of at least 4 members (excludes halogenated alkanes) is 1. The number of methoxy groups -OCH3 is 1. The summed E-state index contributed by atoms with van der Waals surface area (Å²) in [6, 6.07) is 20.7. The number of aromatic nitrogens is 3. The summed E-state index contributed by atoms with van der Waals surface area (Å²) in [5.74, 6) is 0.294. The van der Waals surface area contributed by atoms with E-state index in [4.69, 9.17) is 29.0 Å². The molecule has 0 saturated heterocycles. The molecule has 1 unspecified atom stereocenters. The molecule has 3 atom stereocenters. The quantitative estimate of drug-likeness (QED) is 0.0407. The number of fused-ring (bicyclic) bond motifs is 1. The Bertz CT molecular complexity index is 1760. The molecule has 15 heteroatoms. The number of nitrogen functional groups attached to an aromatic ring is 1. The van der Waals surface area contributed by atoms with Crippen molar-refractivity contribution in [2.75, 3.05) is 32.6 Å². The van der Waals surface area contributed by atoms with Gasteiger partial charge in [0.1, 0.15) is 30.2 Å². The molecule has 0 saturated carbocycles. The van der Waals surface area contributed by atoms with Crippen molar-refractivity contribution in [3.8, 4) is 5.75 Å². The maximum Gasteiger partial charge on any atom is 0.459 e. The number of esters is 1. The molecule has 2 heterocycles. The van der Waals surface area contributed by atoms with Gasteiger partial charge in [0, 0.05) is 19.3 Å². The first kappa shape index (κ1) is 41.3. The first-order valence-electron chi connectivity index (χ1n) is 18.1. The third-order valence-corrected chi connectivity index (χ3v) is 10.6. The molecule has 1 amide bonds. The molecule has 0 radical (unpaired) electrons. The van der Waals surface area contributed by atoms with E-state index in [2.05, 4.69) is 20.5 Å². The van der Waals surface area contributed by atoms with E-state index in [0.717, 1.165) is 24.1 Å². The van der Waals surface area contributed by atoms with Crippen molar-refractivity contribution in [1.29, 1.82) is 0 Å². The normalized spacial score (nSPS) is 14.3. The van der Waals surface area contributed by atoms with E-state index in [1.807, 2.05) is 63.2 Å². The second kappa shape index (κ2) is 20.7. The molecule has 0 aliphatic carbocycles. The van der Waals surface area contributed by atoms with Crippen LogP contribution in [-0.4, -0.2) is 65.2 Å². The molecule has 14 nitrogen and oxygen atoms in total. The van der Waals surface area contributed by atoms with Gasteiger partial charge in [-0.2, -0.15) is 10.2 Å². The van der Waals surface area contributed by atoms with Crippen LogP contribution in [0.3, 0.4) is 0 Å². The molecule has 0 aliphatic rings. The minimum Gasteiger partial charge on any atom is -0.464 e. The first-order valence-corrected chi connectivity index (χ1v) is 19.6. The maximum absolute atomic E-state index is 14.6. The van der Waals surface area contributed by atoms with Gasteiger partial charge in [-0.25, -0.2) is 18.9 Å². The van der Waals surface area contributed by atoms with Crippen molar-refractivity contribution in [3.05, 3.63) is 90.4 Å². The van der Waals surface area contributed by atoms with Crippen LogP contribution < -0.4 is 20.7 Å². The Morgan fingerprint density at radius 1 is 0.981 bits per heavy atom. The molecule has 0 spiro atoms. The number of alkyl carbamates (subject to hydrolysis) is 1. The lowest BCUT2D eigenvalue weighted by atomic mass is 10.00. The number of anilines is 1. The fourth-order valence-electron chi connectivity index (χ4n) is 5.44. The zero-order chi connectivity index (χ0) is 38.1. The number of para-hydroxylation sites is 1. The first-order chi connectivity index (χ1) is 25.6. The van der Waals surface area contributed by atoms with Gasteiger partial charge >= 0.3 is 19.8 Å². The van der Waals surface area contributed by atoms with Gasteiger partial charge in [0.15, 0.2) is 5.82 Å². The Labute approximate surface area is 311 Å². The van der Waals surface area contributed by atoms with E-state index in [-0.39, 0.29) is 32.2 Å². The van der Waals surface area contributed by atoms with Crippen molar-refractivity contribution >= 4 is 31.1 Å². The molecule has 4 N–H and O–H groups in total. The lowest BCUT2D eigenvalue weighted by Crippen LogP contribution is -2.40. The number of ether oxygens (including phenoxy) is 3. The van der Waals surface area contributed by atoms with Crippen molar-refractivity contribution in [2.45, 2.75) is 84.0 Å². The molecule has 0 bridgehead atoms. The van der Waals surface area contributed by atoms with E-state index < -0.39 is 31.5 Å². The number of amides is 1. The summed E-state index contributed by atoms with van der Waals surface area (Å²) in [5.41, 5.74) is 7.57. The summed E-state index contributed by atoms with van der Waals surface area (Å²) >= 11 is 0. The van der Waals surface area contributed by atoms with Gasteiger partial charge in [-0.05, 0) is 74.8 Å². The molecule has 53 heavy (non-hydrogen) atoms. The zero-order valence-electron chi connectivity index (χ0n) is 31.1. The van der Waals surface area contributed by atoms with Gasteiger partial charge in [-0.3, -0.25) is 9.32 Å². The number of carbonyl (C=O) groups is 2. The largest absolute Gasteiger partial charge is 0.464 e. The van der Waals surface area contributed by atoms with Crippen LogP contribution in [0.25, 0.3) is 5.52 Å². The van der Waals surface area contributed by atoms with Crippen LogP contribution in [0.2, 0.25) is 0 Å². The van der Waals surface area contributed by atoms with Gasteiger partial charge < -0.3 is 29.8 Å². The second-order valence-electron chi connectivity index (χ2n) is 13.1.